The maximum absolute atomic E-state index is 14.4. The molecule has 0 spiro atoms. The van der Waals surface area contributed by atoms with E-state index in [1.165, 1.54) is 24.4 Å². The zero-order valence-electron chi connectivity index (χ0n) is 16.2. The molecule has 33 heavy (non-hydrogen) atoms. The Hall–Kier alpha value is -3.45. The fourth-order valence-electron chi connectivity index (χ4n) is 2.55. The van der Waals surface area contributed by atoms with Crippen LogP contribution in [0.4, 0.5) is 23.4 Å². The maximum atomic E-state index is 14.4. The lowest BCUT2D eigenvalue weighted by molar-refractivity contribution is -0.274. The van der Waals surface area contributed by atoms with E-state index >= 15 is 0 Å². The van der Waals surface area contributed by atoms with Crippen molar-refractivity contribution in [1.82, 2.24) is 15.5 Å². The van der Waals surface area contributed by atoms with Gasteiger partial charge in [0.25, 0.3) is 15.9 Å². The second-order valence-corrected chi connectivity index (χ2v) is 8.41. The number of anilines is 1. The summed E-state index contributed by atoms with van der Waals surface area (Å²) in [6.45, 7) is -0.152. The number of halogens is 5. The third-order valence-electron chi connectivity index (χ3n) is 3.97. The van der Waals surface area contributed by atoms with E-state index in [-0.39, 0.29) is 22.9 Å². The van der Waals surface area contributed by atoms with Crippen molar-refractivity contribution in [3.63, 3.8) is 0 Å². The lowest BCUT2D eigenvalue weighted by atomic mass is 10.2. The van der Waals surface area contributed by atoms with Gasteiger partial charge in [0.15, 0.2) is 5.82 Å². The molecule has 3 aromatic rings. The second kappa shape index (κ2) is 9.58. The highest BCUT2D eigenvalue weighted by Crippen LogP contribution is 2.30. The molecule has 174 valence electrons. The summed E-state index contributed by atoms with van der Waals surface area (Å²) in [4.78, 5) is 11.6. The molecule has 0 unspecified atom stereocenters. The van der Waals surface area contributed by atoms with Gasteiger partial charge in [0.2, 0.25) is 0 Å². The molecule has 0 bridgehead atoms. The monoisotopic (exact) mass is 504 g/mol. The number of alkyl halides is 3. The molecule has 0 atom stereocenters. The van der Waals surface area contributed by atoms with E-state index in [1.54, 1.807) is 0 Å². The van der Waals surface area contributed by atoms with Crippen LogP contribution >= 0.6 is 11.6 Å². The van der Waals surface area contributed by atoms with Crippen molar-refractivity contribution >= 4 is 33.3 Å². The number of sulfonamides is 1. The van der Waals surface area contributed by atoms with Gasteiger partial charge in [-0.1, -0.05) is 17.7 Å². The van der Waals surface area contributed by atoms with Crippen molar-refractivity contribution in [1.29, 1.82) is 0 Å². The van der Waals surface area contributed by atoms with Crippen LogP contribution in [0.5, 0.6) is 5.75 Å². The standard InChI is InChI=1S/C19H13ClF4N4O4S/c20-13-8-11(3-5-15(13)32-19(22,23)24)10-25-18(29)12-4-6-16(14(21)9-12)33(30,31)28-17-2-1-7-26-27-17/h1-9H,10H2,(H,25,29)(H,27,28). The highest BCUT2D eigenvalue weighted by Gasteiger charge is 2.32. The van der Waals surface area contributed by atoms with E-state index in [0.717, 1.165) is 30.3 Å². The lowest BCUT2D eigenvalue weighted by Gasteiger charge is -2.12. The van der Waals surface area contributed by atoms with Gasteiger partial charge in [-0.25, -0.2) is 12.8 Å². The third-order valence-corrected chi connectivity index (χ3v) is 5.65. The molecule has 1 aromatic heterocycles. The molecule has 2 aromatic carbocycles. The fourth-order valence-corrected chi connectivity index (χ4v) is 3.85. The minimum atomic E-state index is -4.91. The summed E-state index contributed by atoms with van der Waals surface area (Å²) >= 11 is 5.75. The molecular formula is C19H13ClF4N4O4S. The molecular weight excluding hydrogens is 492 g/mol. The minimum Gasteiger partial charge on any atom is -0.404 e. The van der Waals surface area contributed by atoms with E-state index in [0.29, 0.717) is 5.56 Å². The molecule has 8 nitrogen and oxygen atoms in total. The summed E-state index contributed by atoms with van der Waals surface area (Å²) in [6.07, 6.45) is -3.59. The smallest absolute Gasteiger partial charge is 0.404 e. The van der Waals surface area contributed by atoms with Crippen LogP contribution in [-0.4, -0.2) is 30.9 Å². The van der Waals surface area contributed by atoms with Crippen LogP contribution in [0.3, 0.4) is 0 Å². The number of nitrogens with zero attached hydrogens (tertiary/aromatic N) is 2. The van der Waals surface area contributed by atoms with Crippen LogP contribution < -0.4 is 14.8 Å². The first kappa shape index (κ1) is 24.2. The zero-order chi connectivity index (χ0) is 24.2. The van der Waals surface area contributed by atoms with Crippen LogP contribution in [0, 0.1) is 5.82 Å². The van der Waals surface area contributed by atoms with Gasteiger partial charge >= 0.3 is 6.36 Å². The molecule has 0 radical (unpaired) electrons. The number of rotatable bonds is 7. The molecule has 0 fully saturated rings. The zero-order valence-corrected chi connectivity index (χ0v) is 17.8. The molecule has 0 saturated heterocycles. The topological polar surface area (TPSA) is 110 Å². The number of ether oxygens (including phenoxy) is 1. The van der Waals surface area contributed by atoms with Gasteiger partial charge in [-0.2, -0.15) is 5.10 Å². The van der Waals surface area contributed by atoms with Gasteiger partial charge in [-0.3, -0.25) is 9.52 Å². The fraction of sp³-hybridized carbons (Fsp3) is 0.105. The molecule has 1 heterocycles. The van der Waals surface area contributed by atoms with E-state index in [1.807, 2.05) is 0 Å². The molecule has 0 saturated carbocycles. The molecule has 0 aliphatic carbocycles. The number of nitrogens with one attached hydrogen (secondary N) is 2. The first-order chi connectivity index (χ1) is 15.4. The average Bonchev–Trinajstić information content (AvgIpc) is 2.73. The van der Waals surface area contributed by atoms with Gasteiger partial charge in [-0.05, 0) is 48.0 Å². The van der Waals surface area contributed by atoms with Gasteiger partial charge in [0, 0.05) is 18.3 Å². The largest absolute Gasteiger partial charge is 0.573 e. The van der Waals surface area contributed by atoms with Crippen molar-refractivity contribution in [3.05, 3.63) is 76.7 Å². The number of amides is 1. The average molecular weight is 505 g/mol. The predicted octanol–water partition coefficient (Wildman–Crippen LogP) is 3.90. The van der Waals surface area contributed by atoms with E-state index < -0.39 is 38.8 Å². The summed E-state index contributed by atoms with van der Waals surface area (Å²) in [5.41, 5.74) is 0.157. The lowest BCUT2D eigenvalue weighted by Crippen LogP contribution is -2.23. The number of hydrogen-bond donors (Lipinski definition) is 2. The number of hydrogen-bond acceptors (Lipinski definition) is 6. The Kier molecular flexibility index (Phi) is 7.03. The van der Waals surface area contributed by atoms with Crippen LogP contribution in [0.25, 0.3) is 0 Å². The summed E-state index contributed by atoms with van der Waals surface area (Å²) in [7, 11) is -4.33. The summed E-state index contributed by atoms with van der Waals surface area (Å²) < 4.78 is 81.8. The van der Waals surface area contributed by atoms with Crippen molar-refractivity contribution in [2.45, 2.75) is 17.8 Å². The van der Waals surface area contributed by atoms with Gasteiger partial charge in [0.1, 0.15) is 16.5 Å². The molecule has 2 N–H and O–H groups in total. The molecule has 14 heteroatoms. The van der Waals surface area contributed by atoms with Crippen molar-refractivity contribution < 1.29 is 35.5 Å². The van der Waals surface area contributed by atoms with Gasteiger partial charge < -0.3 is 10.1 Å². The van der Waals surface area contributed by atoms with Crippen molar-refractivity contribution in [2.24, 2.45) is 0 Å². The van der Waals surface area contributed by atoms with Crippen molar-refractivity contribution in [2.75, 3.05) is 4.72 Å². The van der Waals surface area contributed by atoms with Crippen LogP contribution in [0.1, 0.15) is 15.9 Å². The Labute approximate surface area is 189 Å². The Bertz CT molecular complexity index is 1270. The first-order valence-electron chi connectivity index (χ1n) is 8.87. The number of aromatic nitrogens is 2. The Morgan fingerprint density at radius 3 is 2.48 bits per heavy atom. The van der Waals surface area contributed by atoms with Crippen LogP contribution in [-0.2, 0) is 16.6 Å². The highest BCUT2D eigenvalue weighted by molar-refractivity contribution is 7.92. The molecule has 0 aliphatic rings. The Balaban J connectivity index is 1.68. The van der Waals surface area contributed by atoms with E-state index in [2.05, 4.69) is 25.0 Å². The van der Waals surface area contributed by atoms with Crippen LogP contribution in [0.15, 0.2) is 59.6 Å². The van der Waals surface area contributed by atoms with E-state index in [9.17, 15) is 30.8 Å². The highest BCUT2D eigenvalue weighted by atomic mass is 35.5. The van der Waals surface area contributed by atoms with Gasteiger partial charge in [-0.15, -0.1) is 18.3 Å². The number of carbonyl (C=O) groups excluding carboxylic acids is 1. The summed E-state index contributed by atoms with van der Waals surface area (Å²) in [6, 6.07) is 8.88. The SMILES string of the molecule is O=C(NCc1ccc(OC(F)(F)F)c(Cl)c1)c1ccc(S(=O)(=O)Nc2cccnn2)c(F)c1. The maximum Gasteiger partial charge on any atom is 0.573 e. The Morgan fingerprint density at radius 1 is 1.12 bits per heavy atom. The molecule has 1 amide bonds. The van der Waals surface area contributed by atoms with E-state index in [4.69, 9.17) is 11.6 Å². The number of benzene rings is 2. The van der Waals surface area contributed by atoms with Crippen molar-refractivity contribution in [3.8, 4) is 5.75 Å². The van der Waals surface area contributed by atoms with Gasteiger partial charge in [0.05, 0.1) is 5.02 Å². The minimum absolute atomic E-state index is 0.121. The Morgan fingerprint density at radius 2 is 1.88 bits per heavy atom. The molecule has 3 rings (SSSR count). The first-order valence-corrected chi connectivity index (χ1v) is 10.7. The number of carbonyl (C=O) groups is 1. The van der Waals surface area contributed by atoms with Crippen LogP contribution in [0.2, 0.25) is 5.02 Å². The summed E-state index contributed by atoms with van der Waals surface area (Å²) in [5.74, 6) is -2.67. The quantitative estimate of drug-likeness (QED) is 0.472. The predicted molar refractivity (Wildman–Crippen MR) is 109 cm³/mol. The normalized spacial score (nSPS) is 11.7. The summed E-state index contributed by atoms with van der Waals surface area (Å²) in [5, 5.41) is 9.15. The molecule has 0 aliphatic heterocycles. The second-order valence-electron chi connectivity index (χ2n) is 6.35. The third kappa shape index (κ3) is 6.52.